The molecule has 126 valence electrons. The lowest BCUT2D eigenvalue weighted by molar-refractivity contribution is -0.137. The number of benzene rings is 1. The highest BCUT2D eigenvalue weighted by Crippen LogP contribution is 2.20. The molecule has 0 unspecified atom stereocenters. The van der Waals surface area contributed by atoms with Crippen LogP contribution in [0, 0.1) is 0 Å². The molecule has 5 heteroatoms. The van der Waals surface area contributed by atoms with Crippen LogP contribution in [0.15, 0.2) is 54.7 Å². The molecule has 1 heterocycles. The molecule has 1 aromatic heterocycles. The molecule has 24 heavy (non-hydrogen) atoms. The van der Waals surface area contributed by atoms with Crippen LogP contribution in [0.2, 0.25) is 0 Å². The number of carbonyl (C=O) groups is 1. The minimum Gasteiger partial charge on any atom is -0.497 e. The van der Waals surface area contributed by atoms with Crippen molar-refractivity contribution < 1.29 is 14.3 Å². The number of methoxy groups -OCH3 is 1. The van der Waals surface area contributed by atoms with Crippen LogP contribution in [0.4, 0.5) is 0 Å². The molecule has 0 fully saturated rings. The van der Waals surface area contributed by atoms with Crippen LogP contribution < -0.4 is 10.1 Å². The minimum absolute atomic E-state index is 0.0152. The molecule has 0 aliphatic heterocycles. The number of hydrogen-bond acceptors (Lipinski definition) is 5. The topological polar surface area (TPSA) is 60.5 Å². The van der Waals surface area contributed by atoms with Gasteiger partial charge in [0.2, 0.25) is 0 Å². The second-order valence-electron chi connectivity index (χ2n) is 5.16. The number of rotatable bonds is 7. The van der Waals surface area contributed by atoms with E-state index in [1.165, 1.54) is 6.08 Å². The van der Waals surface area contributed by atoms with Crippen LogP contribution >= 0.6 is 0 Å². The Hall–Kier alpha value is -2.82. The molecule has 0 aliphatic carbocycles. The Kier molecular flexibility index (Phi) is 6.37. The third-order valence-electron chi connectivity index (χ3n) is 3.48. The number of esters is 1. The Labute approximate surface area is 142 Å². The second kappa shape index (κ2) is 8.72. The van der Waals surface area contributed by atoms with E-state index in [1.807, 2.05) is 49.4 Å². The number of pyridine rings is 1. The van der Waals surface area contributed by atoms with Crippen molar-refractivity contribution in [2.75, 3.05) is 13.7 Å². The van der Waals surface area contributed by atoms with Crippen molar-refractivity contribution in [3.63, 3.8) is 0 Å². The largest absolute Gasteiger partial charge is 0.497 e. The van der Waals surface area contributed by atoms with Gasteiger partial charge in [-0.05, 0) is 43.7 Å². The summed E-state index contributed by atoms with van der Waals surface area (Å²) in [6.45, 7) is 4.13. The van der Waals surface area contributed by atoms with Crippen molar-refractivity contribution in [3.05, 3.63) is 66.0 Å². The third kappa shape index (κ3) is 4.84. The first-order valence-corrected chi connectivity index (χ1v) is 7.84. The Morgan fingerprint density at radius 2 is 2.00 bits per heavy atom. The molecule has 2 rings (SSSR count). The zero-order chi connectivity index (χ0) is 17.4. The molecule has 2 aromatic rings. The van der Waals surface area contributed by atoms with Crippen molar-refractivity contribution in [2.45, 2.75) is 19.9 Å². The highest BCUT2D eigenvalue weighted by molar-refractivity contribution is 5.90. The van der Waals surface area contributed by atoms with Crippen LogP contribution in [0.1, 0.15) is 31.1 Å². The van der Waals surface area contributed by atoms with Crippen LogP contribution in [0.5, 0.6) is 5.75 Å². The molecule has 0 bridgehead atoms. The van der Waals surface area contributed by atoms with Gasteiger partial charge in [-0.15, -0.1) is 0 Å². The van der Waals surface area contributed by atoms with Gasteiger partial charge in [0.1, 0.15) is 5.75 Å². The summed E-state index contributed by atoms with van der Waals surface area (Å²) < 4.78 is 10.2. The SMILES string of the molecule is CCOC(=O)/C=C(\N[C@@H](C)c1ccc(OC)cc1)c1ccccn1. The van der Waals surface area contributed by atoms with Crippen molar-refractivity contribution >= 4 is 11.7 Å². The van der Waals surface area contributed by atoms with Gasteiger partial charge < -0.3 is 14.8 Å². The van der Waals surface area contributed by atoms with Gasteiger partial charge >= 0.3 is 5.97 Å². The molecule has 0 aliphatic rings. The molecule has 0 radical (unpaired) electrons. The summed E-state index contributed by atoms with van der Waals surface area (Å²) in [5.41, 5.74) is 2.38. The van der Waals surface area contributed by atoms with Crippen molar-refractivity contribution in [1.82, 2.24) is 10.3 Å². The number of nitrogens with one attached hydrogen (secondary N) is 1. The average molecular weight is 326 g/mol. The van der Waals surface area contributed by atoms with Gasteiger partial charge in [0.15, 0.2) is 0 Å². The van der Waals surface area contributed by atoms with E-state index in [9.17, 15) is 4.79 Å². The van der Waals surface area contributed by atoms with E-state index in [4.69, 9.17) is 9.47 Å². The first-order valence-electron chi connectivity index (χ1n) is 7.84. The summed E-state index contributed by atoms with van der Waals surface area (Å²) in [4.78, 5) is 16.2. The Balaban J connectivity index is 2.22. The molecule has 0 spiro atoms. The smallest absolute Gasteiger partial charge is 0.332 e. The lowest BCUT2D eigenvalue weighted by atomic mass is 10.1. The van der Waals surface area contributed by atoms with E-state index in [1.54, 1.807) is 20.2 Å². The van der Waals surface area contributed by atoms with Gasteiger partial charge in [0, 0.05) is 18.3 Å². The highest BCUT2D eigenvalue weighted by Gasteiger charge is 2.12. The van der Waals surface area contributed by atoms with E-state index in [2.05, 4.69) is 10.3 Å². The fraction of sp³-hybridized carbons (Fsp3) is 0.263. The third-order valence-corrected chi connectivity index (χ3v) is 3.48. The van der Waals surface area contributed by atoms with E-state index in [-0.39, 0.29) is 6.04 Å². The van der Waals surface area contributed by atoms with Crippen molar-refractivity contribution in [1.29, 1.82) is 0 Å². The summed E-state index contributed by atoms with van der Waals surface area (Å²) in [6.07, 6.45) is 3.12. The normalized spacial score (nSPS) is 12.4. The van der Waals surface area contributed by atoms with Gasteiger partial charge in [0.25, 0.3) is 0 Å². The first-order chi connectivity index (χ1) is 11.6. The first kappa shape index (κ1) is 17.5. The zero-order valence-corrected chi connectivity index (χ0v) is 14.2. The molecule has 5 nitrogen and oxygen atoms in total. The van der Waals surface area contributed by atoms with Crippen LogP contribution in [-0.4, -0.2) is 24.7 Å². The zero-order valence-electron chi connectivity index (χ0n) is 14.2. The number of nitrogens with zero attached hydrogens (tertiary/aromatic N) is 1. The van der Waals surface area contributed by atoms with Gasteiger partial charge in [-0.1, -0.05) is 18.2 Å². The Morgan fingerprint density at radius 1 is 1.25 bits per heavy atom. The van der Waals surface area contributed by atoms with E-state index in [0.29, 0.717) is 18.0 Å². The van der Waals surface area contributed by atoms with E-state index < -0.39 is 5.97 Å². The Morgan fingerprint density at radius 3 is 2.58 bits per heavy atom. The van der Waals surface area contributed by atoms with Crippen LogP contribution in [-0.2, 0) is 9.53 Å². The molecule has 1 aromatic carbocycles. The van der Waals surface area contributed by atoms with Gasteiger partial charge in [-0.3, -0.25) is 4.98 Å². The number of hydrogen-bond donors (Lipinski definition) is 1. The molecule has 1 N–H and O–H groups in total. The standard InChI is InChI=1S/C19H22N2O3/c1-4-24-19(22)13-18(17-7-5-6-12-20-17)21-14(2)15-8-10-16(23-3)11-9-15/h5-14,21H,4H2,1-3H3/b18-13-/t14-/m0/s1. The summed E-state index contributed by atoms with van der Waals surface area (Å²) in [5, 5.41) is 3.33. The van der Waals surface area contributed by atoms with Crippen molar-refractivity contribution in [3.8, 4) is 5.75 Å². The summed E-state index contributed by atoms with van der Waals surface area (Å²) in [7, 11) is 1.64. The molecular weight excluding hydrogens is 304 g/mol. The molecular formula is C19H22N2O3. The summed E-state index contributed by atoms with van der Waals surface area (Å²) >= 11 is 0. The fourth-order valence-electron chi connectivity index (χ4n) is 2.22. The maximum Gasteiger partial charge on any atom is 0.332 e. The fourth-order valence-corrected chi connectivity index (χ4v) is 2.22. The predicted molar refractivity (Wildman–Crippen MR) is 93.4 cm³/mol. The number of carbonyl (C=O) groups excluding carboxylic acids is 1. The molecule has 0 saturated carbocycles. The van der Waals surface area contributed by atoms with Crippen molar-refractivity contribution in [2.24, 2.45) is 0 Å². The van der Waals surface area contributed by atoms with E-state index >= 15 is 0 Å². The lowest BCUT2D eigenvalue weighted by Crippen LogP contribution is -2.19. The summed E-state index contributed by atoms with van der Waals surface area (Å²) in [5.74, 6) is 0.408. The van der Waals surface area contributed by atoms with E-state index in [0.717, 1.165) is 11.3 Å². The lowest BCUT2D eigenvalue weighted by Gasteiger charge is -2.18. The second-order valence-corrected chi connectivity index (χ2v) is 5.16. The Bertz CT molecular complexity index is 682. The number of ether oxygens (including phenoxy) is 2. The average Bonchev–Trinajstić information content (AvgIpc) is 2.62. The number of aromatic nitrogens is 1. The minimum atomic E-state index is -0.396. The van der Waals surface area contributed by atoms with Crippen LogP contribution in [0.3, 0.4) is 0 Å². The quantitative estimate of drug-likeness (QED) is 0.624. The predicted octanol–water partition coefficient (Wildman–Crippen LogP) is 3.35. The maximum atomic E-state index is 11.8. The molecule has 0 amide bonds. The maximum absolute atomic E-state index is 11.8. The van der Waals surface area contributed by atoms with Gasteiger partial charge in [-0.25, -0.2) is 4.79 Å². The summed E-state index contributed by atoms with van der Waals surface area (Å²) in [6, 6.07) is 13.3. The van der Waals surface area contributed by atoms with Crippen LogP contribution in [0.25, 0.3) is 5.70 Å². The van der Waals surface area contributed by atoms with Gasteiger partial charge in [0.05, 0.1) is 25.1 Å². The highest BCUT2D eigenvalue weighted by atomic mass is 16.5. The monoisotopic (exact) mass is 326 g/mol. The molecule has 0 saturated heterocycles. The molecule has 1 atom stereocenters. The van der Waals surface area contributed by atoms with Gasteiger partial charge in [-0.2, -0.15) is 0 Å².